The number of hydrogen-bond donors (Lipinski definition) is 1. The lowest BCUT2D eigenvalue weighted by Gasteiger charge is -2.15. The maximum absolute atomic E-state index is 12.8. The summed E-state index contributed by atoms with van der Waals surface area (Å²) >= 11 is 6.20. The first-order valence-corrected chi connectivity index (χ1v) is 9.05. The van der Waals surface area contributed by atoms with Gasteiger partial charge in [-0.05, 0) is 30.5 Å². The summed E-state index contributed by atoms with van der Waals surface area (Å²) in [7, 11) is 0. The topological polar surface area (TPSA) is 53.2 Å². The molecule has 0 radical (unpaired) electrons. The van der Waals surface area contributed by atoms with Gasteiger partial charge >= 0.3 is 0 Å². The Bertz CT molecular complexity index is 991. The zero-order valence-electron chi connectivity index (χ0n) is 14.5. The first-order valence-electron chi connectivity index (χ1n) is 8.67. The monoisotopic (exact) mass is 366 g/mol. The molecule has 1 N–H and O–H groups in total. The third-order valence-corrected chi connectivity index (χ3v) is 5.33. The number of hydrogen-bond acceptors (Lipinski definition) is 2. The number of carbonyl (C=O) groups is 2. The van der Waals surface area contributed by atoms with Gasteiger partial charge in [0.25, 0.3) is 0 Å². The molecular weight excluding hydrogens is 348 g/mol. The fourth-order valence-electron chi connectivity index (χ4n) is 3.56. The summed E-state index contributed by atoms with van der Waals surface area (Å²) in [6, 6.07) is 13.6. The van der Waals surface area contributed by atoms with E-state index in [2.05, 4.69) is 4.98 Å². The summed E-state index contributed by atoms with van der Waals surface area (Å²) in [5.74, 6) is -0.503. The molecule has 26 heavy (non-hydrogen) atoms. The highest BCUT2D eigenvalue weighted by Gasteiger charge is 2.38. The Kier molecular flexibility index (Phi) is 4.29. The van der Waals surface area contributed by atoms with Crippen molar-refractivity contribution in [2.75, 3.05) is 0 Å². The van der Waals surface area contributed by atoms with Crippen molar-refractivity contribution < 1.29 is 9.59 Å². The van der Waals surface area contributed by atoms with Crippen molar-refractivity contribution in [1.82, 2.24) is 9.88 Å². The van der Waals surface area contributed by atoms with Crippen molar-refractivity contribution in [1.29, 1.82) is 0 Å². The van der Waals surface area contributed by atoms with Crippen LogP contribution in [0.3, 0.4) is 0 Å². The van der Waals surface area contributed by atoms with E-state index in [0.29, 0.717) is 18.0 Å². The number of aromatic amines is 1. The van der Waals surface area contributed by atoms with Gasteiger partial charge < -0.3 is 4.98 Å². The number of H-pyrrole nitrogens is 1. The summed E-state index contributed by atoms with van der Waals surface area (Å²) < 4.78 is 0. The van der Waals surface area contributed by atoms with E-state index in [0.717, 1.165) is 27.6 Å². The van der Waals surface area contributed by atoms with E-state index < -0.39 is 0 Å². The van der Waals surface area contributed by atoms with Crippen LogP contribution in [0.25, 0.3) is 10.9 Å². The molecule has 1 aliphatic heterocycles. The molecule has 0 spiro atoms. The third kappa shape index (κ3) is 3.01. The van der Waals surface area contributed by atoms with E-state index >= 15 is 0 Å². The number of halogens is 1. The number of carbonyl (C=O) groups excluding carboxylic acids is 2. The van der Waals surface area contributed by atoms with Crippen LogP contribution < -0.4 is 0 Å². The molecule has 0 aliphatic carbocycles. The zero-order valence-corrected chi connectivity index (χ0v) is 15.2. The molecule has 0 unspecified atom stereocenters. The first-order chi connectivity index (χ1) is 12.5. The third-order valence-electron chi connectivity index (χ3n) is 5.02. The van der Waals surface area contributed by atoms with Gasteiger partial charge in [0, 0.05) is 18.0 Å². The second-order valence-corrected chi connectivity index (χ2v) is 7.29. The van der Waals surface area contributed by atoms with Crippen LogP contribution in [0.5, 0.6) is 0 Å². The van der Waals surface area contributed by atoms with Gasteiger partial charge in [-0.15, -0.1) is 0 Å². The SMILES string of the molecule is Cc1ccc(CN2C(=O)C[C@H](Cc3c[nH]c4c(Cl)cccc34)C2=O)cc1. The molecule has 4 nitrogen and oxygen atoms in total. The molecule has 1 fully saturated rings. The van der Waals surface area contributed by atoms with Crippen molar-refractivity contribution in [2.24, 2.45) is 5.92 Å². The van der Waals surface area contributed by atoms with Gasteiger partial charge in [0.1, 0.15) is 0 Å². The molecule has 1 aliphatic rings. The highest BCUT2D eigenvalue weighted by atomic mass is 35.5. The molecular formula is C21H19ClN2O2. The Hall–Kier alpha value is -2.59. The average Bonchev–Trinajstić information content (AvgIpc) is 3.15. The number of para-hydroxylation sites is 1. The maximum Gasteiger partial charge on any atom is 0.233 e. The Morgan fingerprint density at radius 3 is 2.69 bits per heavy atom. The number of fused-ring (bicyclic) bond motifs is 1. The number of nitrogens with one attached hydrogen (secondary N) is 1. The van der Waals surface area contributed by atoms with Crippen LogP contribution in [0, 0.1) is 12.8 Å². The second kappa shape index (κ2) is 6.61. The van der Waals surface area contributed by atoms with Crippen LogP contribution in [0.15, 0.2) is 48.7 Å². The molecule has 132 valence electrons. The first kappa shape index (κ1) is 16.9. The molecule has 1 saturated heterocycles. The number of rotatable bonds is 4. The van der Waals surface area contributed by atoms with Crippen molar-refractivity contribution >= 4 is 34.3 Å². The summed E-state index contributed by atoms with van der Waals surface area (Å²) in [5, 5.41) is 1.67. The lowest BCUT2D eigenvalue weighted by atomic mass is 9.97. The van der Waals surface area contributed by atoms with E-state index in [-0.39, 0.29) is 24.2 Å². The van der Waals surface area contributed by atoms with Gasteiger partial charge in [-0.3, -0.25) is 14.5 Å². The van der Waals surface area contributed by atoms with Gasteiger partial charge in [-0.1, -0.05) is 53.6 Å². The zero-order chi connectivity index (χ0) is 18.3. The molecule has 2 amide bonds. The number of aryl methyl sites for hydroxylation is 1. The number of imide groups is 1. The normalized spacial score (nSPS) is 17.5. The quantitative estimate of drug-likeness (QED) is 0.702. The highest BCUT2D eigenvalue weighted by molar-refractivity contribution is 6.35. The number of nitrogens with zero attached hydrogens (tertiary/aromatic N) is 1. The Labute approximate surface area is 156 Å². The van der Waals surface area contributed by atoms with Gasteiger partial charge in [0.2, 0.25) is 11.8 Å². The minimum absolute atomic E-state index is 0.0908. The van der Waals surface area contributed by atoms with Crippen LogP contribution in [0.4, 0.5) is 0 Å². The van der Waals surface area contributed by atoms with Gasteiger partial charge in [0.15, 0.2) is 0 Å². The van der Waals surface area contributed by atoms with E-state index in [1.807, 2.05) is 55.6 Å². The number of amides is 2. The lowest BCUT2D eigenvalue weighted by molar-refractivity contribution is -0.140. The molecule has 1 atom stereocenters. The van der Waals surface area contributed by atoms with Crippen molar-refractivity contribution in [2.45, 2.75) is 26.3 Å². The Balaban J connectivity index is 1.53. The molecule has 1 aromatic heterocycles. The second-order valence-electron chi connectivity index (χ2n) is 6.89. The van der Waals surface area contributed by atoms with E-state index in [1.165, 1.54) is 4.90 Å². The van der Waals surface area contributed by atoms with Gasteiger partial charge in [-0.2, -0.15) is 0 Å². The smallest absolute Gasteiger partial charge is 0.233 e. The molecule has 0 saturated carbocycles. The van der Waals surface area contributed by atoms with Crippen LogP contribution in [0.2, 0.25) is 5.02 Å². The van der Waals surface area contributed by atoms with Gasteiger partial charge in [-0.25, -0.2) is 0 Å². The van der Waals surface area contributed by atoms with Crippen LogP contribution >= 0.6 is 11.6 Å². The lowest BCUT2D eigenvalue weighted by Crippen LogP contribution is -2.30. The molecule has 3 aromatic rings. The Morgan fingerprint density at radius 2 is 1.92 bits per heavy atom. The van der Waals surface area contributed by atoms with Crippen LogP contribution in [0.1, 0.15) is 23.1 Å². The van der Waals surface area contributed by atoms with Crippen LogP contribution in [-0.2, 0) is 22.6 Å². The number of benzene rings is 2. The highest BCUT2D eigenvalue weighted by Crippen LogP contribution is 2.30. The molecule has 2 aromatic carbocycles. The predicted molar refractivity (Wildman–Crippen MR) is 102 cm³/mol. The molecule has 0 bridgehead atoms. The summed E-state index contributed by atoms with van der Waals surface area (Å²) in [4.78, 5) is 29.7. The maximum atomic E-state index is 12.8. The minimum atomic E-state index is -0.314. The predicted octanol–water partition coefficient (Wildman–Crippen LogP) is 4.25. The van der Waals surface area contributed by atoms with Gasteiger partial charge in [0.05, 0.1) is 23.0 Å². The molecule has 4 rings (SSSR count). The van der Waals surface area contributed by atoms with E-state index in [4.69, 9.17) is 11.6 Å². The summed E-state index contributed by atoms with van der Waals surface area (Å²) in [6.07, 6.45) is 2.68. The fraction of sp³-hybridized carbons (Fsp3) is 0.238. The standard InChI is InChI=1S/C21H19ClN2O2/c1-13-5-7-14(8-6-13)12-24-19(25)10-15(21(24)26)9-16-11-23-20-17(16)3-2-4-18(20)22/h2-8,11,15,23H,9-10,12H2,1H3/t15-/m0/s1. The van der Waals surface area contributed by atoms with Crippen molar-refractivity contribution in [3.8, 4) is 0 Å². The van der Waals surface area contributed by atoms with Crippen molar-refractivity contribution in [3.05, 3.63) is 70.4 Å². The van der Waals surface area contributed by atoms with E-state index in [9.17, 15) is 9.59 Å². The summed E-state index contributed by atoms with van der Waals surface area (Å²) in [6.45, 7) is 2.35. The Morgan fingerprint density at radius 1 is 1.15 bits per heavy atom. The molecule has 5 heteroatoms. The number of likely N-dealkylation sites (tertiary alicyclic amines) is 1. The summed E-state index contributed by atoms with van der Waals surface area (Å²) in [5.41, 5.74) is 4.02. The van der Waals surface area contributed by atoms with Crippen molar-refractivity contribution in [3.63, 3.8) is 0 Å². The average molecular weight is 367 g/mol. The molecule has 2 heterocycles. The largest absolute Gasteiger partial charge is 0.360 e. The fourth-order valence-corrected chi connectivity index (χ4v) is 3.79. The number of aromatic nitrogens is 1. The minimum Gasteiger partial charge on any atom is -0.360 e. The van der Waals surface area contributed by atoms with E-state index in [1.54, 1.807) is 0 Å². The van der Waals surface area contributed by atoms with Crippen LogP contribution in [-0.4, -0.2) is 21.7 Å².